The van der Waals surface area contributed by atoms with Gasteiger partial charge in [0.2, 0.25) is 0 Å². The minimum Gasteiger partial charge on any atom is -0.398 e. The molecule has 0 amide bonds. The molecule has 2 aromatic carbocycles. The molecule has 22 heavy (non-hydrogen) atoms. The van der Waals surface area contributed by atoms with E-state index in [0.29, 0.717) is 5.92 Å². The maximum atomic E-state index is 6.74. The quantitative estimate of drug-likeness (QED) is 0.582. The SMILES string of the molecule is C=C(C)C(C)(O[Si](c1ccccc1)c1ccccc1)C(C)C. The van der Waals surface area contributed by atoms with Crippen molar-refractivity contribution in [3.05, 3.63) is 72.8 Å². The molecule has 0 fully saturated rings. The third kappa shape index (κ3) is 3.57. The minimum absolute atomic E-state index is 0.319. The highest BCUT2D eigenvalue weighted by Crippen LogP contribution is 2.29. The summed E-state index contributed by atoms with van der Waals surface area (Å²) in [5, 5.41) is 2.54. The maximum Gasteiger partial charge on any atom is 0.283 e. The van der Waals surface area contributed by atoms with Crippen molar-refractivity contribution in [2.75, 3.05) is 0 Å². The lowest BCUT2D eigenvalue weighted by molar-refractivity contribution is 0.0811. The summed E-state index contributed by atoms with van der Waals surface area (Å²) >= 11 is 0. The van der Waals surface area contributed by atoms with Crippen molar-refractivity contribution in [2.24, 2.45) is 5.92 Å². The third-order valence-corrected chi connectivity index (χ3v) is 6.68. The molecule has 1 unspecified atom stereocenters. The molecule has 0 aromatic heterocycles. The second-order valence-electron chi connectivity index (χ2n) is 6.21. The highest BCUT2D eigenvalue weighted by Gasteiger charge is 2.35. The molecule has 1 nitrogen and oxygen atoms in total. The molecule has 115 valence electrons. The van der Waals surface area contributed by atoms with Crippen LogP contribution in [0, 0.1) is 5.92 Å². The molecule has 0 aliphatic heterocycles. The van der Waals surface area contributed by atoms with Gasteiger partial charge in [0.1, 0.15) is 0 Å². The van der Waals surface area contributed by atoms with Crippen molar-refractivity contribution in [1.29, 1.82) is 0 Å². The lowest BCUT2D eigenvalue weighted by Gasteiger charge is -2.38. The lowest BCUT2D eigenvalue weighted by Crippen LogP contribution is -2.52. The molecular formula is C20H25OSi. The molecule has 0 saturated carbocycles. The molecule has 2 rings (SSSR count). The van der Waals surface area contributed by atoms with Gasteiger partial charge in [-0.2, -0.15) is 0 Å². The normalized spacial score (nSPS) is 14.1. The van der Waals surface area contributed by atoms with Gasteiger partial charge in [-0.3, -0.25) is 0 Å². The summed E-state index contributed by atoms with van der Waals surface area (Å²) in [6, 6.07) is 21.1. The minimum atomic E-state index is -1.31. The van der Waals surface area contributed by atoms with E-state index in [1.54, 1.807) is 0 Å². The van der Waals surface area contributed by atoms with Crippen LogP contribution in [0.2, 0.25) is 0 Å². The van der Waals surface area contributed by atoms with Crippen LogP contribution in [0.5, 0.6) is 0 Å². The van der Waals surface area contributed by atoms with E-state index in [-0.39, 0.29) is 5.60 Å². The number of rotatable bonds is 6. The number of hydrogen-bond donors (Lipinski definition) is 0. The average molecular weight is 310 g/mol. The highest BCUT2D eigenvalue weighted by atomic mass is 28.3. The first-order valence-electron chi connectivity index (χ1n) is 7.78. The summed E-state index contributed by atoms with van der Waals surface area (Å²) in [6.45, 7) is 12.8. The molecule has 0 aliphatic carbocycles. The summed E-state index contributed by atoms with van der Waals surface area (Å²) in [4.78, 5) is 0. The Labute approximate surface area is 136 Å². The van der Waals surface area contributed by atoms with Crippen molar-refractivity contribution in [1.82, 2.24) is 0 Å². The third-order valence-electron chi connectivity index (χ3n) is 4.34. The molecular weight excluding hydrogens is 284 g/mol. The van der Waals surface area contributed by atoms with Gasteiger partial charge in [-0.15, -0.1) is 0 Å². The van der Waals surface area contributed by atoms with Gasteiger partial charge in [-0.05, 0) is 30.1 Å². The summed E-state index contributed by atoms with van der Waals surface area (Å²) in [7, 11) is -1.31. The van der Waals surface area contributed by atoms with Gasteiger partial charge >= 0.3 is 0 Å². The number of hydrogen-bond acceptors (Lipinski definition) is 1. The Morgan fingerprint density at radius 2 is 1.36 bits per heavy atom. The van der Waals surface area contributed by atoms with Gasteiger partial charge in [-0.1, -0.05) is 86.7 Å². The summed E-state index contributed by atoms with van der Waals surface area (Å²) in [6.07, 6.45) is 0. The van der Waals surface area contributed by atoms with Crippen LogP contribution >= 0.6 is 0 Å². The molecule has 2 heteroatoms. The topological polar surface area (TPSA) is 9.23 Å². The van der Waals surface area contributed by atoms with Gasteiger partial charge in [0.15, 0.2) is 0 Å². The Morgan fingerprint density at radius 3 is 1.68 bits per heavy atom. The van der Waals surface area contributed by atoms with Gasteiger partial charge in [0, 0.05) is 0 Å². The predicted molar refractivity (Wildman–Crippen MR) is 97.0 cm³/mol. The van der Waals surface area contributed by atoms with Gasteiger partial charge < -0.3 is 4.43 Å². The Balaban J connectivity index is 2.44. The van der Waals surface area contributed by atoms with Crippen LogP contribution in [0.25, 0.3) is 0 Å². The standard InChI is InChI=1S/C20H25OSi/c1-16(2)20(5,17(3)4)21-22(18-12-8-6-9-13-18)19-14-10-7-11-15-19/h6-15,17H,1H2,2-5H3. The molecule has 0 heterocycles. The zero-order valence-corrected chi connectivity index (χ0v) is 15.0. The van der Waals surface area contributed by atoms with Crippen LogP contribution in [0.4, 0.5) is 0 Å². The molecule has 0 saturated heterocycles. The maximum absolute atomic E-state index is 6.74. The van der Waals surface area contributed by atoms with E-state index < -0.39 is 9.04 Å². The Bertz CT molecular complexity index is 567. The summed E-state index contributed by atoms with van der Waals surface area (Å²) < 4.78 is 6.74. The first kappa shape index (κ1) is 16.7. The number of benzene rings is 2. The van der Waals surface area contributed by atoms with Crippen LogP contribution in [-0.4, -0.2) is 14.6 Å². The first-order chi connectivity index (χ1) is 10.4. The smallest absolute Gasteiger partial charge is 0.283 e. The summed E-state index contributed by atoms with van der Waals surface area (Å²) in [5.41, 5.74) is 0.761. The van der Waals surface area contributed by atoms with Crippen LogP contribution in [0.1, 0.15) is 27.7 Å². The van der Waals surface area contributed by atoms with Gasteiger partial charge in [0.25, 0.3) is 9.04 Å². The fourth-order valence-corrected chi connectivity index (χ4v) is 4.77. The molecule has 1 atom stereocenters. The summed E-state index contributed by atoms with van der Waals surface area (Å²) in [5.74, 6) is 0.373. The molecule has 0 bridgehead atoms. The molecule has 0 N–H and O–H groups in total. The highest BCUT2D eigenvalue weighted by molar-refractivity contribution is 6.80. The zero-order chi connectivity index (χ0) is 16.2. The second kappa shape index (κ2) is 7.08. The average Bonchev–Trinajstić information content (AvgIpc) is 2.53. The first-order valence-corrected chi connectivity index (χ1v) is 9.18. The Kier molecular flexibility index (Phi) is 5.38. The van der Waals surface area contributed by atoms with Crippen molar-refractivity contribution < 1.29 is 4.43 Å². The van der Waals surface area contributed by atoms with E-state index in [4.69, 9.17) is 4.43 Å². The van der Waals surface area contributed by atoms with Gasteiger partial charge in [-0.25, -0.2) is 0 Å². The van der Waals surface area contributed by atoms with Crippen LogP contribution in [-0.2, 0) is 4.43 Å². The second-order valence-corrected chi connectivity index (χ2v) is 8.22. The Hall–Kier alpha value is -1.64. The van der Waals surface area contributed by atoms with E-state index in [1.807, 2.05) is 12.1 Å². The predicted octanol–water partition coefficient (Wildman–Crippen LogP) is 3.80. The van der Waals surface area contributed by atoms with Crippen molar-refractivity contribution in [2.45, 2.75) is 33.3 Å². The zero-order valence-electron chi connectivity index (χ0n) is 14.0. The van der Waals surface area contributed by atoms with Crippen LogP contribution in [0.3, 0.4) is 0 Å². The fraction of sp³-hybridized carbons (Fsp3) is 0.300. The Morgan fingerprint density at radius 1 is 0.955 bits per heavy atom. The molecule has 0 spiro atoms. The molecule has 0 aliphatic rings. The van der Waals surface area contributed by atoms with E-state index >= 15 is 0 Å². The largest absolute Gasteiger partial charge is 0.398 e. The van der Waals surface area contributed by atoms with Crippen molar-refractivity contribution in [3.8, 4) is 0 Å². The molecule has 2 aromatic rings. The van der Waals surface area contributed by atoms with Crippen molar-refractivity contribution >= 4 is 19.4 Å². The lowest BCUT2D eigenvalue weighted by atomic mass is 9.87. The van der Waals surface area contributed by atoms with E-state index in [2.05, 4.69) is 82.8 Å². The van der Waals surface area contributed by atoms with Crippen LogP contribution in [0.15, 0.2) is 72.8 Å². The van der Waals surface area contributed by atoms with Gasteiger partial charge in [0.05, 0.1) is 5.60 Å². The van der Waals surface area contributed by atoms with E-state index in [9.17, 15) is 0 Å². The monoisotopic (exact) mass is 309 g/mol. The fourth-order valence-electron chi connectivity index (χ4n) is 2.37. The van der Waals surface area contributed by atoms with E-state index in [0.717, 1.165) is 5.57 Å². The van der Waals surface area contributed by atoms with E-state index in [1.165, 1.54) is 10.4 Å². The van der Waals surface area contributed by atoms with Crippen LogP contribution < -0.4 is 10.4 Å². The van der Waals surface area contributed by atoms with Crippen molar-refractivity contribution in [3.63, 3.8) is 0 Å². The molecule has 1 radical (unpaired) electrons.